The van der Waals surface area contributed by atoms with Gasteiger partial charge >= 0.3 is 14.0 Å². The number of halogens is 1. The summed E-state index contributed by atoms with van der Waals surface area (Å²) >= 11 is 2.56. The molecular weight excluding hydrogens is 350 g/mol. The van der Waals surface area contributed by atoms with E-state index in [0.717, 1.165) is 9.49 Å². The van der Waals surface area contributed by atoms with Gasteiger partial charge in [0, 0.05) is 10.0 Å². The quantitative estimate of drug-likeness (QED) is 0.355. The number of alkyl halides is 1. The Kier molecular flexibility index (Phi) is 5.49. The molecule has 4 heteroatoms. The largest absolute Gasteiger partial charge is 0.540 e. The maximum atomic E-state index is 11.0. The summed E-state index contributed by atoms with van der Waals surface area (Å²) in [4.78, 5) is 11.0. The molecule has 0 aliphatic heterocycles. The summed E-state index contributed by atoms with van der Waals surface area (Å²) in [7, 11) is 1.39. The highest BCUT2D eigenvalue weighted by Crippen LogP contribution is 2.35. The van der Waals surface area contributed by atoms with Crippen molar-refractivity contribution in [1.29, 1.82) is 0 Å². The molecule has 0 spiro atoms. The van der Waals surface area contributed by atoms with E-state index in [4.69, 9.17) is 0 Å². The Morgan fingerprint density at radius 3 is 2.42 bits per heavy atom. The Morgan fingerprint density at radius 1 is 1.21 bits per heavy atom. The van der Waals surface area contributed by atoms with Crippen molar-refractivity contribution in [3.8, 4) is 0 Å². The molecule has 19 heavy (non-hydrogen) atoms. The summed E-state index contributed by atoms with van der Waals surface area (Å²) in [5, 5.41) is 0. The zero-order chi connectivity index (χ0) is 13.7. The van der Waals surface area contributed by atoms with Gasteiger partial charge in [0.15, 0.2) is 0 Å². The zero-order valence-electron chi connectivity index (χ0n) is 11.1. The van der Waals surface area contributed by atoms with Crippen LogP contribution < -0.4 is 0 Å². The second kappa shape index (κ2) is 7.13. The normalized spacial score (nSPS) is 23.4. The Balaban J connectivity index is 1.98. The van der Waals surface area contributed by atoms with Gasteiger partial charge in [0.2, 0.25) is 0 Å². The van der Waals surface area contributed by atoms with Crippen LogP contribution in [-0.4, -0.2) is 17.9 Å². The van der Waals surface area contributed by atoms with Gasteiger partial charge in [-0.25, -0.2) is 4.79 Å². The first kappa shape index (κ1) is 14.6. The Labute approximate surface area is 129 Å². The van der Waals surface area contributed by atoms with Crippen LogP contribution in [0.5, 0.6) is 0 Å². The minimum absolute atomic E-state index is 0.315. The topological polar surface area (TPSA) is 26.3 Å². The second-order valence-electron chi connectivity index (χ2n) is 4.97. The lowest BCUT2D eigenvalue weighted by Crippen LogP contribution is -2.12. The van der Waals surface area contributed by atoms with Gasteiger partial charge < -0.3 is 4.65 Å². The smallest absolute Gasteiger partial charge is 0.326 e. The number of carbonyl (C=O) groups is 1. The second-order valence-corrected chi connectivity index (χ2v) is 6.73. The molecule has 0 unspecified atom stereocenters. The van der Waals surface area contributed by atoms with Crippen molar-refractivity contribution in [1.82, 2.24) is 0 Å². The number of hydrogen-bond acceptors (Lipinski definition) is 2. The fraction of sp³-hybridized carbons (Fsp3) is 0.400. The van der Waals surface area contributed by atoms with E-state index in [1.807, 2.05) is 0 Å². The van der Waals surface area contributed by atoms with Crippen molar-refractivity contribution in [3.63, 3.8) is 0 Å². The van der Waals surface area contributed by atoms with Gasteiger partial charge in [-0.1, -0.05) is 46.9 Å². The van der Waals surface area contributed by atoms with Gasteiger partial charge in [-0.15, -0.1) is 0 Å². The molecule has 1 aromatic carbocycles. The van der Waals surface area contributed by atoms with E-state index in [2.05, 4.69) is 51.5 Å². The minimum atomic E-state index is -0.315. The van der Waals surface area contributed by atoms with E-state index in [9.17, 15) is 4.79 Å². The number of rotatable bonds is 3. The van der Waals surface area contributed by atoms with Crippen molar-refractivity contribution >= 4 is 42.7 Å². The van der Waals surface area contributed by atoms with Crippen LogP contribution in [0.15, 0.2) is 30.3 Å². The highest BCUT2D eigenvalue weighted by Gasteiger charge is 2.20. The van der Waals surface area contributed by atoms with Crippen LogP contribution in [0.1, 0.15) is 42.7 Å². The first-order valence-corrected chi connectivity index (χ1v) is 7.93. The maximum Gasteiger partial charge on any atom is 0.326 e. The van der Waals surface area contributed by atoms with Gasteiger partial charge in [0.25, 0.3) is 0 Å². The molecule has 1 saturated carbocycles. The number of carbonyl (C=O) groups excluding carboxylic acids is 1. The average Bonchev–Trinajstić information content (AvgIpc) is 2.46. The molecule has 1 aromatic rings. The molecule has 0 saturated heterocycles. The van der Waals surface area contributed by atoms with Gasteiger partial charge in [-0.2, -0.15) is 0 Å². The van der Waals surface area contributed by atoms with Crippen LogP contribution in [0.2, 0.25) is 0 Å². The lowest BCUT2D eigenvalue weighted by molar-refractivity contribution is -0.128. The van der Waals surface area contributed by atoms with Gasteiger partial charge in [0.05, 0.1) is 0 Å². The van der Waals surface area contributed by atoms with Crippen LogP contribution in [-0.2, 0) is 9.45 Å². The fourth-order valence-electron chi connectivity index (χ4n) is 2.50. The maximum absolute atomic E-state index is 11.0. The SMILES string of the molecule is BOC(=O)/C=C/c1ccc(C2CCC(I)CC2)cc1. The first-order chi connectivity index (χ1) is 9.19. The predicted octanol–water partition coefficient (Wildman–Crippen LogP) is 3.25. The summed E-state index contributed by atoms with van der Waals surface area (Å²) in [6.45, 7) is 0. The van der Waals surface area contributed by atoms with Crippen LogP contribution in [0, 0.1) is 0 Å². The van der Waals surface area contributed by atoms with Crippen molar-refractivity contribution in [2.45, 2.75) is 35.5 Å². The van der Waals surface area contributed by atoms with E-state index in [-0.39, 0.29) is 5.97 Å². The molecule has 0 heterocycles. The van der Waals surface area contributed by atoms with E-state index in [1.165, 1.54) is 45.4 Å². The first-order valence-electron chi connectivity index (χ1n) is 6.69. The number of benzene rings is 1. The van der Waals surface area contributed by atoms with Crippen LogP contribution in [0.4, 0.5) is 0 Å². The van der Waals surface area contributed by atoms with E-state index in [0.29, 0.717) is 5.92 Å². The zero-order valence-corrected chi connectivity index (χ0v) is 13.3. The molecule has 1 aliphatic carbocycles. The molecule has 2 nitrogen and oxygen atoms in total. The fourth-order valence-corrected chi connectivity index (χ4v) is 3.22. The third-order valence-corrected chi connectivity index (χ3v) is 4.92. The molecule has 2 rings (SSSR count). The lowest BCUT2D eigenvalue weighted by atomic mass is 9.84. The molecule has 0 atom stereocenters. The molecule has 100 valence electrons. The van der Waals surface area contributed by atoms with Crippen molar-refractivity contribution in [3.05, 3.63) is 41.5 Å². The monoisotopic (exact) mass is 368 g/mol. The third-order valence-electron chi connectivity index (χ3n) is 3.68. The standard InChI is InChI=1S/C15H18BIO2/c16-19-15(18)10-3-11-1-4-12(5-2-11)13-6-8-14(17)9-7-13/h1-5,10,13-14H,6-9,16H2/b10-3+. The van der Waals surface area contributed by atoms with Crippen molar-refractivity contribution in [2.24, 2.45) is 0 Å². The van der Waals surface area contributed by atoms with Crippen LogP contribution in [0.25, 0.3) is 6.08 Å². The van der Waals surface area contributed by atoms with E-state index >= 15 is 0 Å². The van der Waals surface area contributed by atoms with Crippen molar-refractivity contribution < 1.29 is 9.45 Å². The molecule has 1 aliphatic rings. The summed E-state index contributed by atoms with van der Waals surface area (Å²) in [5.41, 5.74) is 2.47. The summed E-state index contributed by atoms with van der Waals surface area (Å²) < 4.78 is 5.43. The molecule has 0 N–H and O–H groups in total. The van der Waals surface area contributed by atoms with Crippen LogP contribution >= 0.6 is 22.6 Å². The number of hydrogen-bond donors (Lipinski definition) is 0. The van der Waals surface area contributed by atoms with Gasteiger partial charge in [-0.3, -0.25) is 0 Å². The van der Waals surface area contributed by atoms with Gasteiger partial charge in [0.1, 0.15) is 0 Å². The molecule has 0 radical (unpaired) electrons. The van der Waals surface area contributed by atoms with Crippen molar-refractivity contribution in [2.75, 3.05) is 0 Å². The van der Waals surface area contributed by atoms with E-state index < -0.39 is 0 Å². The molecule has 0 amide bonds. The average molecular weight is 368 g/mol. The summed E-state index contributed by atoms with van der Waals surface area (Å²) in [6.07, 6.45) is 8.49. The lowest BCUT2D eigenvalue weighted by Gasteiger charge is -2.25. The summed E-state index contributed by atoms with van der Waals surface area (Å²) in [6, 6.07) is 8.53. The third kappa shape index (κ3) is 4.37. The molecular formula is C15H18BIO2. The predicted molar refractivity (Wildman–Crippen MR) is 89.1 cm³/mol. The Hall–Kier alpha value is -0.775. The minimum Gasteiger partial charge on any atom is -0.540 e. The van der Waals surface area contributed by atoms with Crippen LogP contribution in [0.3, 0.4) is 0 Å². The highest BCUT2D eigenvalue weighted by atomic mass is 127. The molecule has 0 aromatic heterocycles. The Morgan fingerprint density at radius 2 is 1.84 bits per heavy atom. The van der Waals surface area contributed by atoms with E-state index in [1.54, 1.807) is 6.08 Å². The summed E-state index contributed by atoms with van der Waals surface area (Å²) in [5.74, 6) is 0.397. The molecule has 1 fully saturated rings. The van der Waals surface area contributed by atoms with Gasteiger partial charge in [-0.05, 0) is 48.8 Å². The Bertz CT molecular complexity index is 448. The highest BCUT2D eigenvalue weighted by molar-refractivity contribution is 14.1. The molecule has 0 bridgehead atoms.